The van der Waals surface area contributed by atoms with Crippen LogP contribution in [0.5, 0.6) is 0 Å². The van der Waals surface area contributed by atoms with Crippen molar-refractivity contribution in [2.75, 3.05) is 10.6 Å². The van der Waals surface area contributed by atoms with Gasteiger partial charge in [-0.1, -0.05) is 29.3 Å². The molecule has 0 unspecified atom stereocenters. The van der Waals surface area contributed by atoms with E-state index in [4.69, 9.17) is 11.6 Å². The van der Waals surface area contributed by atoms with E-state index in [9.17, 15) is 0 Å². The predicted octanol–water partition coefficient (Wildman–Crippen LogP) is 5.23. The lowest BCUT2D eigenvalue weighted by atomic mass is 10.2. The number of benzene rings is 2. The van der Waals surface area contributed by atoms with Crippen molar-refractivity contribution in [1.82, 2.24) is 9.97 Å². The van der Waals surface area contributed by atoms with Gasteiger partial charge < -0.3 is 10.6 Å². The van der Waals surface area contributed by atoms with Gasteiger partial charge in [0.25, 0.3) is 0 Å². The quantitative estimate of drug-likeness (QED) is 0.689. The minimum Gasteiger partial charge on any atom is -0.340 e. The van der Waals surface area contributed by atoms with E-state index in [1.54, 1.807) is 0 Å². The van der Waals surface area contributed by atoms with Crippen LogP contribution in [-0.2, 0) is 0 Å². The van der Waals surface area contributed by atoms with E-state index in [-0.39, 0.29) is 0 Å². The lowest BCUT2D eigenvalue weighted by Crippen LogP contribution is -2.02. The Balaban J connectivity index is 1.81. The summed E-state index contributed by atoms with van der Waals surface area (Å²) >= 11 is 5.90. The molecule has 2 aromatic carbocycles. The number of hydrogen-bond donors (Lipinski definition) is 2. The number of aromatic nitrogens is 2. The Kier molecular flexibility index (Phi) is 4.44. The van der Waals surface area contributed by atoms with Gasteiger partial charge >= 0.3 is 0 Å². The number of rotatable bonds is 4. The second-order valence-electron chi connectivity index (χ2n) is 5.34. The number of halogens is 1. The fraction of sp³-hybridized carbons (Fsp3) is 0.111. The van der Waals surface area contributed by atoms with E-state index >= 15 is 0 Å². The van der Waals surface area contributed by atoms with Crippen molar-refractivity contribution >= 4 is 34.7 Å². The van der Waals surface area contributed by atoms with Crippen molar-refractivity contribution in [2.24, 2.45) is 0 Å². The molecule has 4 nitrogen and oxygen atoms in total. The van der Waals surface area contributed by atoms with Crippen molar-refractivity contribution in [1.29, 1.82) is 0 Å². The molecule has 0 aliphatic heterocycles. The highest BCUT2D eigenvalue weighted by Crippen LogP contribution is 2.20. The van der Waals surface area contributed by atoms with Crippen molar-refractivity contribution in [2.45, 2.75) is 13.8 Å². The van der Waals surface area contributed by atoms with E-state index in [1.165, 1.54) is 5.56 Å². The van der Waals surface area contributed by atoms with Crippen molar-refractivity contribution in [3.8, 4) is 0 Å². The number of hydrogen-bond acceptors (Lipinski definition) is 4. The summed E-state index contributed by atoms with van der Waals surface area (Å²) in [4.78, 5) is 8.93. The summed E-state index contributed by atoms with van der Waals surface area (Å²) in [6, 6.07) is 17.5. The normalized spacial score (nSPS) is 10.4. The molecule has 0 aliphatic rings. The Morgan fingerprint density at radius 3 is 2.09 bits per heavy atom. The van der Waals surface area contributed by atoms with Crippen LogP contribution in [0.25, 0.3) is 0 Å². The maximum Gasteiger partial charge on any atom is 0.229 e. The first kappa shape index (κ1) is 15.3. The smallest absolute Gasteiger partial charge is 0.229 e. The SMILES string of the molecule is Cc1ccc(Nc2nc(C)cc(Nc3ccc(Cl)cc3)n2)cc1. The summed E-state index contributed by atoms with van der Waals surface area (Å²) in [7, 11) is 0. The number of aryl methyl sites for hydroxylation is 2. The maximum atomic E-state index is 5.90. The van der Waals surface area contributed by atoms with Crippen LogP contribution in [0.1, 0.15) is 11.3 Å². The molecular weight excluding hydrogens is 308 g/mol. The van der Waals surface area contributed by atoms with Gasteiger partial charge in [0.2, 0.25) is 5.95 Å². The second-order valence-corrected chi connectivity index (χ2v) is 5.78. The minimum atomic E-state index is 0.560. The van der Waals surface area contributed by atoms with Crippen molar-refractivity contribution < 1.29 is 0 Å². The van der Waals surface area contributed by atoms with Crippen LogP contribution in [0.3, 0.4) is 0 Å². The zero-order valence-electron chi connectivity index (χ0n) is 13.0. The summed E-state index contributed by atoms with van der Waals surface area (Å²) < 4.78 is 0. The van der Waals surface area contributed by atoms with E-state index in [0.29, 0.717) is 11.0 Å². The van der Waals surface area contributed by atoms with E-state index < -0.39 is 0 Å². The molecule has 1 aromatic heterocycles. The number of nitrogens with zero attached hydrogens (tertiary/aromatic N) is 2. The summed E-state index contributed by atoms with van der Waals surface area (Å²) in [5, 5.41) is 7.19. The van der Waals surface area contributed by atoms with Gasteiger partial charge in [0.15, 0.2) is 0 Å². The van der Waals surface area contributed by atoms with Crippen LogP contribution in [0.4, 0.5) is 23.1 Å². The Morgan fingerprint density at radius 2 is 1.39 bits per heavy atom. The van der Waals surface area contributed by atoms with Gasteiger partial charge in [-0.05, 0) is 50.2 Å². The predicted molar refractivity (Wildman–Crippen MR) is 96.0 cm³/mol. The molecule has 0 aliphatic carbocycles. The Labute approximate surface area is 140 Å². The van der Waals surface area contributed by atoms with Crippen molar-refractivity contribution in [3.05, 3.63) is 70.9 Å². The molecule has 1 heterocycles. The molecule has 0 saturated carbocycles. The number of nitrogens with one attached hydrogen (secondary N) is 2. The van der Waals surface area contributed by atoms with Crippen LogP contribution in [0.2, 0.25) is 5.02 Å². The third kappa shape index (κ3) is 4.20. The molecule has 116 valence electrons. The first-order valence-corrected chi connectivity index (χ1v) is 7.68. The van der Waals surface area contributed by atoms with Gasteiger partial charge in [0.1, 0.15) is 5.82 Å². The summed E-state index contributed by atoms with van der Waals surface area (Å²) in [5.74, 6) is 1.29. The highest BCUT2D eigenvalue weighted by Gasteiger charge is 2.04. The average molecular weight is 325 g/mol. The van der Waals surface area contributed by atoms with E-state index in [2.05, 4.69) is 27.5 Å². The molecule has 0 atom stereocenters. The van der Waals surface area contributed by atoms with Crippen LogP contribution in [0, 0.1) is 13.8 Å². The van der Waals surface area contributed by atoms with Crippen LogP contribution in [-0.4, -0.2) is 9.97 Å². The first-order valence-electron chi connectivity index (χ1n) is 7.30. The highest BCUT2D eigenvalue weighted by atomic mass is 35.5. The standard InChI is InChI=1S/C18H17ClN4/c1-12-3-7-16(8-4-12)22-18-20-13(2)11-17(23-18)21-15-9-5-14(19)6-10-15/h3-11H,1-2H3,(H2,20,21,22,23). The molecule has 0 radical (unpaired) electrons. The topological polar surface area (TPSA) is 49.8 Å². The van der Waals surface area contributed by atoms with Crippen LogP contribution in [0.15, 0.2) is 54.6 Å². The number of anilines is 4. The monoisotopic (exact) mass is 324 g/mol. The Morgan fingerprint density at radius 1 is 0.783 bits per heavy atom. The Bertz CT molecular complexity index is 733. The largest absolute Gasteiger partial charge is 0.340 e. The Hall–Kier alpha value is -2.59. The van der Waals surface area contributed by atoms with Gasteiger partial charge in [0, 0.05) is 28.2 Å². The third-order valence-corrected chi connectivity index (χ3v) is 3.53. The van der Waals surface area contributed by atoms with Crippen LogP contribution < -0.4 is 10.6 Å². The zero-order chi connectivity index (χ0) is 16.2. The molecule has 0 fully saturated rings. The fourth-order valence-corrected chi connectivity index (χ4v) is 2.26. The second kappa shape index (κ2) is 6.67. The molecule has 2 N–H and O–H groups in total. The van der Waals surface area contributed by atoms with Crippen LogP contribution >= 0.6 is 11.6 Å². The lowest BCUT2D eigenvalue weighted by molar-refractivity contribution is 1.11. The van der Waals surface area contributed by atoms with Gasteiger partial charge in [-0.2, -0.15) is 4.98 Å². The highest BCUT2D eigenvalue weighted by molar-refractivity contribution is 6.30. The minimum absolute atomic E-state index is 0.560. The molecule has 3 aromatic rings. The van der Waals surface area contributed by atoms with Gasteiger partial charge in [-0.25, -0.2) is 4.98 Å². The first-order chi connectivity index (χ1) is 11.1. The van der Waals surface area contributed by atoms with Gasteiger partial charge in [-0.15, -0.1) is 0 Å². The van der Waals surface area contributed by atoms with E-state index in [0.717, 1.165) is 22.9 Å². The maximum absolute atomic E-state index is 5.90. The third-order valence-electron chi connectivity index (χ3n) is 3.28. The van der Waals surface area contributed by atoms with E-state index in [1.807, 2.05) is 61.5 Å². The summed E-state index contributed by atoms with van der Waals surface area (Å²) in [6.45, 7) is 4.00. The molecule has 0 bridgehead atoms. The fourth-order valence-electron chi connectivity index (χ4n) is 2.14. The molecule has 5 heteroatoms. The zero-order valence-corrected chi connectivity index (χ0v) is 13.7. The molecule has 0 amide bonds. The van der Waals surface area contributed by atoms with Gasteiger partial charge in [-0.3, -0.25) is 0 Å². The molecular formula is C18H17ClN4. The molecule has 0 spiro atoms. The molecule has 3 rings (SSSR count). The molecule has 23 heavy (non-hydrogen) atoms. The average Bonchev–Trinajstić information content (AvgIpc) is 2.51. The summed E-state index contributed by atoms with van der Waals surface area (Å²) in [6.07, 6.45) is 0. The summed E-state index contributed by atoms with van der Waals surface area (Å²) in [5.41, 5.74) is 3.98. The molecule has 0 saturated heterocycles. The lowest BCUT2D eigenvalue weighted by Gasteiger charge is -2.10. The van der Waals surface area contributed by atoms with Crippen molar-refractivity contribution in [3.63, 3.8) is 0 Å². The van der Waals surface area contributed by atoms with Gasteiger partial charge in [0.05, 0.1) is 0 Å².